The van der Waals surface area contributed by atoms with Gasteiger partial charge in [-0.1, -0.05) is 0 Å². The Bertz CT molecular complexity index is 244. The average Bonchev–Trinajstić information content (AvgIpc) is 2.28. The van der Waals surface area contributed by atoms with Crippen molar-refractivity contribution in [2.24, 2.45) is 0 Å². The topological polar surface area (TPSA) is 50.8 Å². The summed E-state index contributed by atoms with van der Waals surface area (Å²) in [4.78, 5) is 14.1. The minimum atomic E-state index is -0.175. The molecule has 16 heavy (non-hydrogen) atoms. The largest absolute Gasteiger partial charge is 0.378 e. The maximum atomic E-state index is 12.2. The van der Waals surface area contributed by atoms with Gasteiger partial charge in [0.2, 0.25) is 5.91 Å². The minimum absolute atomic E-state index is 0.122. The number of rotatable bonds is 1. The molecular formula is C11H20N2O3. The Balaban J connectivity index is 1.92. The van der Waals surface area contributed by atoms with E-state index in [0.29, 0.717) is 26.3 Å². The lowest BCUT2D eigenvalue weighted by Gasteiger charge is -2.37. The van der Waals surface area contributed by atoms with Crippen molar-refractivity contribution in [1.82, 2.24) is 10.2 Å². The summed E-state index contributed by atoms with van der Waals surface area (Å²) in [5.41, 5.74) is 0. The Hall–Kier alpha value is -0.650. The van der Waals surface area contributed by atoms with Crippen molar-refractivity contribution in [3.8, 4) is 0 Å². The number of nitrogens with one attached hydrogen (secondary N) is 1. The van der Waals surface area contributed by atoms with Crippen LogP contribution in [0, 0.1) is 0 Å². The fourth-order valence-corrected chi connectivity index (χ4v) is 2.30. The van der Waals surface area contributed by atoms with Crippen LogP contribution in [-0.4, -0.2) is 61.9 Å². The molecule has 5 heteroatoms. The highest BCUT2D eigenvalue weighted by molar-refractivity contribution is 5.82. The third-order valence-electron chi connectivity index (χ3n) is 2.95. The molecular weight excluding hydrogens is 208 g/mol. The van der Waals surface area contributed by atoms with Gasteiger partial charge in [-0.25, -0.2) is 0 Å². The smallest absolute Gasteiger partial charge is 0.242 e. The zero-order valence-electron chi connectivity index (χ0n) is 9.94. The van der Waals surface area contributed by atoms with Gasteiger partial charge in [0.1, 0.15) is 6.04 Å². The van der Waals surface area contributed by atoms with Crippen molar-refractivity contribution < 1.29 is 14.3 Å². The fraction of sp³-hybridized carbons (Fsp3) is 0.909. The van der Waals surface area contributed by atoms with Crippen molar-refractivity contribution in [3.63, 3.8) is 0 Å². The summed E-state index contributed by atoms with van der Waals surface area (Å²) in [6, 6.07) is -0.175. The lowest BCUT2D eigenvalue weighted by Crippen LogP contribution is -2.57. The molecule has 2 fully saturated rings. The first-order valence-electron chi connectivity index (χ1n) is 5.92. The molecule has 0 radical (unpaired) electrons. The first kappa shape index (κ1) is 11.8. The van der Waals surface area contributed by atoms with E-state index in [1.54, 1.807) is 0 Å². The Labute approximate surface area is 96.1 Å². The van der Waals surface area contributed by atoms with Gasteiger partial charge in [-0.15, -0.1) is 0 Å². The summed E-state index contributed by atoms with van der Waals surface area (Å²) in [6.07, 6.45) is 0.245. The predicted octanol–water partition coefficient (Wildman–Crippen LogP) is -0.389. The van der Waals surface area contributed by atoms with Crippen LogP contribution < -0.4 is 5.32 Å². The van der Waals surface area contributed by atoms with Crippen molar-refractivity contribution in [2.75, 3.05) is 32.8 Å². The number of ether oxygens (including phenoxy) is 2. The van der Waals surface area contributed by atoms with E-state index in [-0.39, 0.29) is 24.2 Å². The van der Waals surface area contributed by atoms with Gasteiger partial charge in [-0.3, -0.25) is 4.79 Å². The first-order chi connectivity index (χ1) is 7.66. The van der Waals surface area contributed by atoms with Gasteiger partial charge in [0.15, 0.2) is 0 Å². The van der Waals surface area contributed by atoms with Gasteiger partial charge < -0.3 is 19.7 Å². The van der Waals surface area contributed by atoms with E-state index < -0.39 is 0 Å². The molecule has 0 aromatic carbocycles. The van der Waals surface area contributed by atoms with Crippen LogP contribution in [0.5, 0.6) is 0 Å². The number of morpholine rings is 2. The SMILES string of the molecule is CC1CN(C(=O)C2COCCN2)CC(C)O1. The predicted molar refractivity (Wildman–Crippen MR) is 59.2 cm³/mol. The number of hydrogen-bond donors (Lipinski definition) is 1. The van der Waals surface area contributed by atoms with E-state index in [1.807, 2.05) is 18.7 Å². The van der Waals surface area contributed by atoms with Crippen LogP contribution in [0.2, 0.25) is 0 Å². The van der Waals surface area contributed by atoms with Crippen molar-refractivity contribution in [2.45, 2.75) is 32.1 Å². The summed E-state index contributed by atoms with van der Waals surface area (Å²) >= 11 is 0. The molecule has 0 aromatic rings. The molecule has 3 unspecified atom stereocenters. The first-order valence-corrected chi connectivity index (χ1v) is 5.92. The standard InChI is InChI=1S/C11H20N2O3/c1-8-5-13(6-9(2)16-8)11(14)10-7-15-4-3-12-10/h8-10,12H,3-7H2,1-2H3. The van der Waals surface area contributed by atoms with Crippen molar-refractivity contribution >= 4 is 5.91 Å². The van der Waals surface area contributed by atoms with Gasteiger partial charge >= 0.3 is 0 Å². The highest BCUT2D eigenvalue weighted by atomic mass is 16.5. The fourth-order valence-electron chi connectivity index (χ4n) is 2.30. The number of carbonyl (C=O) groups excluding carboxylic acids is 1. The zero-order chi connectivity index (χ0) is 11.5. The molecule has 0 aliphatic carbocycles. The summed E-state index contributed by atoms with van der Waals surface area (Å²) < 4.78 is 10.9. The molecule has 0 aromatic heterocycles. The van der Waals surface area contributed by atoms with Gasteiger partial charge in [-0.05, 0) is 13.8 Å². The highest BCUT2D eigenvalue weighted by Crippen LogP contribution is 2.12. The normalized spacial score (nSPS) is 36.1. The van der Waals surface area contributed by atoms with E-state index >= 15 is 0 Å². The molecule has 3 atom stereocenters. The molecule has 1 amide bonds. The minimum Gasteiger partial charge on any atom is -0.378 e. The number of amides is 1. The summed E-state index contributed by atoms with van der Waals surface area (Å²) in [5, 5.41) is 3.19. The van der Waals surface area contributed by atoms with Crippen LogP contribution in [0.1, 0.15) is 13.8 Å². The van der Waals surface area contributed by atoms with Crippen molar-refractivity contribution in [1.29, 1.82) is 0 Å². The lowest BCUT2D eigenvalue weighted by atomic mass is 10.2. The number of carbonyl (C=O) groups is 1. The zero-order valence-corrected chi connectivity index (χ0v) is 9.94. The number of hydrogen-bond acceptors (Lipinski definition) is 4. The van der Waals surface area contributed by atoms with E-state index in [9.17, 15) is 4.79 Å². The molecule has 92 valence electrons. The second kappa shape index (κ2) is 5.12. The highest BCUT2D eigenvalue weighted by Gasteiger charge is 2.31. The lowest BCUT2D eigenvalue weighted by molar-refractivity contribution is -0.148. The van der Waals surface area contributed by atoms with Crippen LogP contribution in [0.25, 0.3) is 0 Å². The molecule has 5 nitrogen and oxygen atoms in total. The van der Waals surface area contributed by atoms with Crippen LogP contribution >= 0.6 is 0 Å². The van der Waals surface area contributed by atoms with Crippen LogP contribution in [0.3, 0.4) is 0 Å². The van der Waals surface area contributed by atoms with E-state index in [1.165, 1.54) is 0 Å². The Morgan fingerprint density at radius 1 is 1.31 bits per heavy atom. The molecule has 2 heterocycles. The van der Waals surface area contributed by atoms with E-state index in [0.717, 1.165) is 6.54 Å². The van der Waals surface area contributed by atoms with Gasteiger partial charge in [-0.2, -0.15) is 0 Å². The van der Waals surface area contributed by atoms with E-state index in [2.05, 4.69) is 5.32 Å². The monoisotopic (exact) mass is 228 g/mol. The second-order valence-corrected chi connectivity index (χ2v) is 4.58. The maximum absolute atomic E-state index is 12.2. The maximum Gasteiger partial charge on any atom is 0.242 e. The third-order valence-corrected chi connectivity index (χ3v) is 2.95. The van der Waals surface area contributed by atoms with Crippen molar-refractivity contribution in [3.05, 3.63) is 0 Å². The Morgan fingerprint density at radius 3 is 2.56 bits per heavy atom. The van der Waals surface area contributed by atoms with Crippen LogP contribution in [0.4, 0.5) is 0 Å². The summed E-state index contributed by atoms with van der Waals surface area (Å²) in [6.45, 7) is 7.30. The van der Waals surface area contributed by atoms with Crippen LogP contribution in [0.15, 0.2) is 0 Å². The molecule has 1 N–H and O–H groups in total. The van der Waals surface area contributed by atoms with Crippen LogP contribution in [-0.2, 0) is 14.3 Å². The quantitative estimate of drug-likeness (QED) is 0.664. The molecule has 2 rings (SSSR count). The van der Waals surface area contributed by atoms with Gasteiger partial charge in [0.05, 0.1) is 25.4 Å². The van der Waals surface area contributed by atoms with Gasteiger partial charge in [0.25, 0.3) is 0 Å². The molecule has 2 aliphatic rings. The molecule has 0 bridgehead atoms. The Morgan fingerprint density at radius 2 is 2.00 bits per heavy atom. The van der Waals surface area contributed by atoms with E-state index in [4.69, 9.17) is 9.47 Å². The Kier molecular flexibility index (Phi) is 3.78. The molecule has 2 saturated heterocycles. The molecule has 0 saturated carbocycles. The number of nitrogens with zero attached hydrogens (tertiary/aromatic N) is 1. The summed E-state index contributed by atoms with van der Waals surface area (Å²) in [5.74, 6) is 0.140. The summed E-state index contributed by atoms with van der Waals surface area (Å²) in [7, 11) is 0. The van der Waals surface area contributed by atoms with Gasteiger partial charge in [0, 0.05) is 19.6 Å². The molecule has 2 aliphatic heterocycles. The average molecular weight is 228 g/mol. The molecule has 0 spiro atoms. The third kappa shape index (κ3) is 2.72. The second-order valence-electron chi connectivity index (χ2n) is 4.58.